The van der Waals surface area contributed by atoms with Crippen molar-refractivity contribution in [2.24, 2.45) is 0 Å². The lowest BCUT2D eigenvalue weighted by molar-refractivity contribution is -0.384. The second kappa shape index (κ2) is 8.86. The zero-order chi connectivity index (χ0) is 19.1. The molecule has 0 aliphatic carbocycles. The Morgan fingerprint density at radius 2 is 2.04 bits per heavy atom. The molecule has 0 aliphatic rings. The summed E-state index contributed by atoms with van der Waals surface area (Å²) in [7, 11) is 1.50. The van der Waals surface area contributed by atoms with E-state index < -0.39 is 29.1 Å². The second-order valence-corrected chi connectivity index (χ2v) is 5.20. The van der Waals surface area contributed by atoms with Crippen LogP contribution in [0.3, 0.4) is 0 Å². The number of esters is 1. The number of carbonyl (C=O) groups is 1. The molecular weight excluding hydrogens is 350 g/mol. The molecule has 2 aromatic rings. The van der Waals surface area contributed by atoms with Gasteiger partial charge in [0.25, 0.3) is 5.69 Å². The number of anilines is 1. The van der Waals surface area contributed by atoms with Crippen molar-refractivity contribution >= 4 is 17.3 Å². The quantitative estimate of drug-likeness (QED) is 0.334. The molecule has 26 heavy (non-hydrogen) atoms. The van der Waals surface area contributed by atoms with Gasteiger partial charge in [0.2, 0.25) is 0 Å². The molecule has 138 valence electrons. The molecule has 2 rings (SSSR count). The summed E-state index contributed by atoms with van der Waals surface area (Å²) >= 11 is 0. The third-order valence-corrected chi connectivity index (χ3v) is 3.44. The van der Waals surface area contributed by atoms with E-state index in [1.165, 1.54) is 31.4 Å². The maximum Gasteiger partial charge on any atom is 0.338 e. The highest BCUT2D eigenvalue weighted by Crippen LogP contribution is 2.26. The average molecular weight is 366 g/mol. The lowest BCUT2D eigenvalue weighted by Gasteiger charge is -2.09. The number of halogens is 2. The number of ether oxygens (including phenoxy) is 2. The monoisotopic (exact) mass is 366 g/mol. The number of carbonyl (C=O) groups excluding carboxylic acids is 1. The Balaban J connectivity index is 2.12. The minimum atomic E-state index is -1.11. The maximum absolute atomic E-state index is 13.6. The van der Waals surface area contributed by atoms with Gasteiger partial charge in [-0.05, 0) is 18.2 Å². The molecule has 0 saturated carbocycles. The van der Waals surface area contributed by atoms with Crippen LogP contribution in [0.2, 0.25) is 0 Å². The largest absolute Gasteiger partial charge is 0.457 e. The van der Waals surface area contributed by atoms with E-state index in [0.29, 0.717) is 13.2 Å². The first-order valence-electron chi connectivity index (χ1n) is 7.55. The maximum atomic E-state index is 13.6. The molecule has 0 atom stereocenters. The number of nitro groups is 1. The molecular formula is C17H16F2N2O5. The van der Waals surface area contributed by atoms with Crippen LogP contribution >= 0.6 is 0 Å². The van der Waals surface area contributed by atoms with Crippen LogP contribution in [0.4, 0.5) is 20.2 Å². The Bertz CT molecular complexity index is 814. The average Bonchev–Trinajstić information content (AvgIpc) is 2.63. The van der Waals surface area contributed by atoms with Crippen LogP contribution in [0.15, 0.2) is 36.4 Å². The molecule has 0 spiro atoms. The van der Waals surface area contributed by atoms with Crippen LogP contribution in [0.1, 0.15) is 15.9 Å². The van der Waals surface area contributed by atoms with E-state index in [2.05, 4.69) is 5.32 Å². The smallest absolute Gasteiger partial charge is 0.338 e. The molecule has 0 radical (unpaired) electrons. The number of nitrogens with zero attached hydrogens (tertiary/aromatic N) is 1. The first-order valence-corrected chi connectivity index (χ1v) is 7.55. The summed E-state index contributed by atoms with van der Waals surface area (Å²) < 4.78 is 36.5. The van der Waals surface area contributed by atoms with Crippen molar-refractivity contribution in [2.75, 3.05) is 25.6 Å². The molecule has 0 fully saturated rings. The minimum Gasteiger partial charge on any atom is -0.457 e. The topological polar surface area (TPSA) is 90.7 Å². The summed E-state index contributed by atoms with van der Waals surface area (Å²) in [4.78, 5) is 22.6. The van der Waals surface area contributed by atoms with Gasteiger partial charge in [0, 0.05) is 25.3 Å². The van der Waals surface area contributed by atoms with Crippen molar-refractivity contribution in [2.45, 2.75) is 6.61 Å². The summed E-state index contributed by atoms with van der Waals surface area (Å²) in [5.74, 6) is -3.05. The fraction of sp³-hybridized carbons (Fsp3) is 0.235. The number of rotatable bonds is 8. The number of nitro benzene ring substituents is 1. The molecule has 0 saturated heterocycles. The van der Waals surface area contributed by atoms with Gasteiger partial charge in [0.15, 0.2) is 11.6 Å². The lowest BCUT2D eigenvalue weighted by atomic mass is 10.1. The first kappa shape index (κ1) is 19.3. The fourth-order valence-corrected chi connectivity index (χ4v) is 2.13. The Morgan fingerprint density at radius 3 is 2.73 bits per heavy atom. The predicted molar refractivity (Wildman–Crippen MR) is 88.9 cm³/mol. The van der Waals surface area contributed by atoms with E-state index in [4.69, 9.17) is 9.47 Å². The molecule has 0 aliphatic heterocycles. The number of hydrogen-bond acceptors (Lipinski definition) is 6. The van der Waals surface area contributed by atoms with Crippen LogP contribution in [0.5, 0.6) is 0 Å². The van der Waals surface area contributed by atoms with Gasteiger partial charge in [0.05, 0.1) is 17.1 Å². The Labute approximate surface area is 147 Å². The van der Waals surface area contributed by atoms with E-state index in [1.807, 2.05) is 0 Å². The Morgan fingerprint density at radius 1 is 1.27 bits per heavy atom. The molecule has 0 heterocycles. The molecule has 1 N–H and O–H groups in total. The lowest BCUT2D eigenvalue weighted by Crippen LogP contribution is -2.11. The van der Waals surface area contributed by atoms with Gasteiger partial charge in [-0.1, -0.05) is 12.1 Å². The highest BCUT2D eigenvalue weighted by Gasteiger charge is 2.19. The van der Waals surface area contributed by atoms with Crippen molar-refractivity contribution < 1.29 is 28.0 Å². The molecule has 0 bridgehead atoms. The van der Waals surface area contributed by atoms with Crippen LogP contribution in [0.25, 0.3) is 0 Å². The SMILES string of the molecule is COCCNc1ccc(C(=O)OCc2cccc(F)c2F)cc1[N+](=O)[O-]. The molecule has 7 nitrogen and oxygen atoms in total. The zero-order valence-corrected chi connectivity index (χ0v) is 13.8. The summed E-state index contributed by atoms with van der Waals surface area (Å²) in [6.07, 6.45) is 0. The normalized spacial score (nSPS) is 10.4. The van der Waals surface area contributed by atoms with Crippen molar-refractivity contribution in [3.05, 3.63) is 69.3 Å². The highest BCUT2D eigenvalue weighted by atomic mass is 19.2. The molecule has 0 aromatic heterocycles. The molecule has 0 unspecified atom stereocenters. The van der Waals surface area contributed by atoms with Crippen molar-refractivity contribution in [3.8, 4) is 0 Å². The van der Waals surface area contributed by atoms with Crippen molar-refractivity contribution in [1.29, 1.82) is 0 Å². The Hall–Kier alpha value is -3.07. The van der Waals surface area contributed by atoms with Crippen molar-refractivity contribution in [3.63, 3.8) is 0 Å². The van der Waals surface area contributed by atoms with E-state index >= 15 is 0 Å². The van der Waals surface area contributed by atoms with Crippen LogP contribution in [-0.4, -0.2) is 31.2 Å². The number of hydrogen-bond donors (Lipinski definition) is 1. The summed E-state index contributed by atoms with van der Waals surface area (Å²) in [5.41, 5.74) is -0.302. The summed E-state index contributed by atoms with van der Waals surface area (Å²) in [6, 6.07) is 7.27. The first-order chi connectivity index (χ1) is 12.4. The van der Waals surface area contributed by atoms with E-state index in [9.17, 15) is 23.7 Å². The predicted octanol–water partition coefficient (Wildman–Crippen LogP) is 3.29. The van der Waals surface area contributed by atoms with Crippen LogP contribution in [0, 0.1) is 21.7 Å². The van der Waals surface area contributed by atoms with Crippen molar-refractivity contribution in [1.82, 2.24) is 0 Å². The van der Waals surface area contributed by atoms with Gasteiger partial charge in [-0.15, -0.1) is 0 Å². The van der Waals surface area contributed by atoms with Gasteiger partial charge in [-0.2, -0.15) is 0 Å². The Kier molecular flexibility index (Phi) is 6.56. The van der Waals surface area contributed by atoms with E-state index in [-0.39, 0.29) is 22.5 Å². The fourth-order valence-electron chi connectivity index (χ4n) is 2.13. The highest BCUT2D eigenvalue weighted by molar-refractivity contribution is 5.91. The third kappa shape index (κ3) is 4.73. The zero-order valence-electron chi connectivity index (χ0n) is 13.8. The van der Waals surface area contributed by atoms with Gasteiger partial charge < -0.3 is 14.8 Å². The number of methoxy groups -OCH3 is 1. The minimum absolute atomic E-state index is 0.0780. The van der Waals surface area contributed by atoms with Gasteiger partial charge in [-0.25, -0.2) is 13.6 Å². The van der Waals surface area contributed by atoms with Gasteiger partial charge in [-0.3, -0.25) is 10.1 Å². The van der Waals surface area contributed by atoms with Gasteiger partial charge in [0.1, 0.15) is 12.3 Å². The van der Waals surface area contributed by atoms with Crippen LogP contribution < -0.4 is 5.32 Å². The number of nitrogens with one attached hydrogen (secondary N) is 1. The van der Waals surface area contributed by atoms with E-state index in [1.54, 1.807) is 0 Å². The molecule has 0 amide bonds. The number of benzene rings is 2. The van der Waals surface area contributed by atoms with Crippen LogP contribution in [-0.2, 0) is 16.1 Å². The second-order valence-electron chi connectivity index (χ2n) is 5.20. The van der Waals surface area contributed by atoms with Gasteiger partial charge >= 0.3 is 5.97 Å². The summed E-state index contributed by atoms with van der Waals surface area (Å²) in [6.45, 7) is 0.199. The van der Waals surface area contributed by atoms with E-state index in [0.717, 1.165) is 12.1 Å². The molecule has 2 aromatic carbocycles. The standard InChI is InChI=1S/C17H16F2N2O5/c1-25-8-7-20-14-6-5-11(9-15(14)21(23)24)17(22)26-10-12-3-2-4-13(18)16(12)19/h2-6,9,20H,7-8,10H2,1H3. The molecule has 9 heteroatoms. The third-order valence-electron chi connectivity index (χ3n) is 3.44. The summed E-state index contributed by atoms with van der Waals surface area (Å²) in [5, 5.41) is 14.0.